The van der Waals surface area contributed by atoms with Crippen LogP contribution < -0.4 is 15.4 Å². The molecule has 28 heavy (non-hydrogen) atoms. The number of rotatable bonds is 7. The normalized spacial score (nSPS) is 10.6. The second kappa shape index (κ2) is 9.19. The van der Waals surface area contributed by atoms with Gasteiger partial charge in [-0.3, -0.25) is 4.79 Å². The van der Waals surface area contributed by atoms with Crippen LogP contribution in [-0.2, 0) is 6.54 Å². The van der Waals surface area contributed by atoms with Gasteiger partial charge in [-0.25, -0.2) is 9.97 Å². The van der Waals surface area contributed by atoms with Gasteiger partial charge in [0.15, 0.2) is 0 Å². The van der Waals surface area contributed by atoms with Crippen molar-refractivity contribution < 1.29 is 9.53 Å². The number of hydrogen-bond acceptors (Lipinski definition) is 5. The predicted molar refractivity (Wildman–Crippen MR) is 110 cm³/mol. The summed E-state index contributed by atoms with van der Waals surface area (Å²) >= 11 is 5.86. The number of ether oxygens (including phenoxy) is 1. The van der Waals surface area contributed by atoms with Crippen LogP contribution in [0.5, 0.6) is 5.75 Å². The fourth-order valence-electron chi connectivity index (χ4n) is 2.45. The Labute approximate surface area is 168 Å². The Hall–Kier alpha value is -3.12. The largest absolute Gasteiger partial charge is 0.489 e. The van der Waals surface area contributed by atoms with E-state index in [1.165, 1.54) is 12.4 Å². The average Bonchev–Trinajstić information content (AvgIpc) is 2.69. The van der Waals surface area contributed by atoms with Gasteiger partial charge in [-0.05, 0) is 43.7 Å². The lowest BCUT2D eigenvalue weighted by Crippen LogP contribution is -2.24. The first-order chi connectivity index (χ1) is 13.5. The molecule has 1 amide bonds. The number of amides is 1. The predicted octanol–water partition coefficient (Wildman–Crippen LogP) is 4.59. The molecule has 0 saturated heterocycles. The van der Waals surface area contributed by atoms with Crippen LogP contribution in [0, 0.1) is 0 Å². The molecule has 0 bridgehead atoms. The first-order valence-electron chi connectivity index (χ1n) is 8.88. The smallest absolute Gasteiger partial charge is 0.271 e. The van der Waals surface area contributed by atoms with E-state index in [2.05, 4.69) is 20.6 Å². The van der Waals surface area contributed by atoms with E-state index in [-0.39, 0.29) is 17.7 Å². The van der Waals surface area contributed by atoms with E-state index < -0.39 is 0 Å². The summed E-state index contributed by atoms with van der Waals surface area (Å²) in [4.78, 5) is 20.7. The molecule has 0 fully saturated rings. The monoisotopic (exact) mass is 396 g/mol. The quantitative estimate of drug-likeness (QED) is 0.610. The highest BCUT2D eigenvalue weighted by molar-refractivity contribution is 6.30. The molecule has 0 unspecified atom stereocenters. The number of halogens is 1. The van der Waals surface area contributed by atoms with Crippen molar-refractivity contribution in [2.45, 2.75) is 26.5 Å². The fourth-order valence-corrected chi connectivity index (χ4v) is 2.58. The zero-order chi connectivity index (χ0) is 19.9. The second-order valence-electron chi connectivity index (χ2n) is 6.38. The van der Waals surface area contributed by atoms with E-state index in [0.717, 1.165) is 17.0 Å². The third-order valence-electron chi connectivity index (χ3n) is 3.76. The van der Waals surface area contributed by atoms with Crippen LogP contribution in [0.15, 0.2) is 60.9 Å². The number of carbonyl (C=O) groups excluding carboxylic acids is 1. The van der Waals surface area contributed by atoms with E-state index >= 15 is 0 Å². The molecule has 3 aromatic rings. The summed E-state index contributed by atoms with van der Waals surface area (Å²) < 4.78 is 5.78. The van der Waals surface area contributed by atoms with Gasteiger partial charge in [-0.2, -0.15) is 0 Å². The maximum Gasteiger partial charge on any atom is 0.271 e. The second-order valence-corrected chi connectivity index (χ2v) is 6.82. The standard InChI is InChI=1S/C21H21ClN4O2/c1-14(2)28-19-6-4-3-5-17(19)26-20-13-23-18(12-24-20)21(27)25-11-15-7-9-16(22)10-8-15/h3-10,12-14H,11H2,1-2H3,(H,24,26)(H,25,27). The van der Waals surface area contributed by atoms with Crippen LogP contribution >= 0.6 is 11.6 Å². The van der Waals surface area contributed by atoms with Gasteiger partial charge in [0.05, 0.1) is 24.2 Å². The third-order valence-corrected chi connectivity index (χ3v) is 4.02. The number of carbonyl (C=O) groups is 1. The minimum Gasteiger partial charge on any atom is -0.489 e. The molecular formula is C21H21ClN4O2. The van der Waals surface area contributed by atoms with E-state index in [9.17, 15) is 4.79 Å². The number of hydrogen-bond donors (Lipinski definition) is 2. The lowest BCUT2D eigenvalue weighted by molar-refractivity contribution is 0.0945. The molecule has 0 aliphatic rings. The number of para-hydroxylation sites is 2. The van der Waals surface area contributed by atoms with E-state index in [1.54, 1.807) is 12.1 Å². The topological polar surface area (TPSA) is 76.1 Å². The summed E-state index contributed by atoms with van der Waals surface area (Å²) in [6, 6.07) is 14.9. The molecule has 7 heteroatoms. The van der Waals surface area contributed by atoms with Crippen molar-refractivity contribution in [1.82, 2.24) is 15.3 Å². The fraction of sp³-hybridized carbons (Fsp3) is 0.190. The first kappa shape index (κ1) is 19.6. The van der Waals surface area contributed by atoms with Gasteiger partial charge in [0.25, 0.3) is 5.91 Å². The van der Waals surface area contributed by atoms with E-state index in [1.807, 2.05) is 50.2 Å². The Morgan fingerprint density at radius 3 is 2.50 bits per heavy atom. The number of nitrogens with one attached hydrogen (secondary N) is 2. The van der Waals surface area contributed by atoms with Gasteiger partial charge in [0, 0.05) is 11.6 Å². The van der Waals surface area contributed by atoms with Crippen molar-refractivity contribution >= 4 is 29.0 Å². The Kier molecular flexibility index (Phi) is 6.45. The molecule has 0 aliphatic heterocycles. The molecule has 2 N–H and O–H groups in total. The zero-order valence-electron chi connectivity index (χ0n) is 15.6. The Morgan fingerprint density at radius 2 is 1.82 bits per heavy atom. The van der Waals surface area contributed by atoms with Crippen LogP contribution in [-0.4, -0.2) is 22.0 Å². The Bertz CT molecular complexity index is 928. The minimum atomic E-state index is -0.294. The molecule has 0 atom stereocenters. The zero-order valence-corrected chi connectivity index (χ0v) is 16.4. The van der Waals surface area contributed by atoms with Crippen molar-refractivity contribution in [2.75, 3.05) is 5.32 Å². The third kappa shape index (κ3) is 5.44. The lowest BCUT2D eigenvalue weighted by atomic mass is 10.2. The molecule has 1 aromatic heterocycles. The number of anilines is 2. The van der Waals surface area contributed by atoms with Gasteiger partial charge in [-0.15, -0.1) is 0 Å². The lowest BCUT2D eigenvalue weighted by Gasteiger charge is -2.15. The molecule has 6 nitrogen and oxygen atoms in total. The number of nitrogens with zero attached hydrogens (tertiary/aromatic N) is 2. The van der Waals surface area contributed by atoms with Gasteiger partial charge in [0.1, 0.15) is 17.3 Å². The van der Waals surface area contributed by atoms with Gasteiger partial charge >= 0.3 is 0 Å². The number of benzene rings is 2. The van der Waals surface area contributed by atoms with Crippen LogP contribution in [0.4, 0.5) is 11.5 Å². The molecule has 1 heterocycles. The van der Waals surface area contributed by atoms with Crippen LogP contribution in [0.2, 0.25) is 5.02 Å². The van der Waals surface area contributed by atoms with Crippen molar-refractivity contribution in [3.63, 3.8) is 0 Å². The maximum absolute atomic E-state index is 12.2. The molecule has 0 spiro atoms. The molecule has 0 radical (unpaired) electrons. The van der Waals surface area contributed by atoms with Gasteiger partial charge < -0.3 is 15.4 Å². The maximum atomic E-state index is 12.2. The molecule has 0 saturated carbocycles. The molecule has 3 rings (SSSR count). The molecule has 2 aromatic carbocycles. The number of aromatic nitrogens is 2. The van der Waals surface area contributed by atoms with Crippen molar-refractivity contribution in [3.8, 4) is 5.75 Å². The Morgan fingerprint density at radius 1 is 1.07 bits per heavy atom. The average molecular weight is 397 g/mol. The molecule has 144 valence electrons. The van der Waals surface area contributed by atoms with E-state index in [0.29, 0.717) is 17.4 Å². The van der Waals surface area contributed by atoms with Crippen LogP contribution in [0.1, 0.15) is 29.9 Å². The van der Waals surface area contributed by atoms with Gasteiger partial charge in [0.2, 0.25) is 0 Å². The van der Waals surface area contributed by atoms with Crippen molar-refractivity contribution in [1.29, 1.82) is 0 Å². The van der Waals surface area contributed by atoms with Gasteiger partial charge in [-0.1, -0.05) is 35.9 Å². The van der Waals surface area contributed by atoms with Crippen molar-refractivity contribution in [2.24, 2.45) is 0 Å². The minimum absolute atomic E-state index is 0.0562. The summed E-state index contributed by atoms with van der Waals surface area (Å²) in [6.45, 7) is 4.32. The van der Waals surface area contributed by atoms with Crippen LogP contribution in [0.3, 0.4) is 0 Å². The summed E-state index contributed by atoms with van der Waals surface area (Å²) in [7, 11) is 0. The molecule has 0 aliphatic carbocycles. The molecular weight excluding hydrogens is 376 g/mol. The van der Waals surface area contributed by atoms with E-state index in [4.69, 9.17) is 16.3 Å². The SMILES string of the molecule is CC(C)Oc1ccccc1Nc1cnc(C(=O)NCc2ccc(Cl)cc2)cn1. The highest BCUT2D eigenvalue weighted by Crippen LogP contribution is 2.27. The summed E-state index contributed by atoms with van der Waals surface area (Å²) in [5.41, 5.74) is 1.97. The summed E-state index contributed by atoms with van der Waals surface area (Å²) in [5, 5.41) is 6.63. The summed E-state index contributed by atoms with van der Waals surface area (Å²) in [6.07, 6.45) is 3.01. The Balaban J connectivity index is 1.62. The highest BCUT2D eigenvalue weighted by atomic mass is 35.5. The van der Waals surface area contributed by atoms with Crippen LogP contribution in [0.25, 0.3) is 0 Å². The van der Waals surface area contributed by atoms with Crippen molar-refractivity contribution in [3.05, 3.63) is 77.2 Å². The summed E-state index contributed by atoms with van der Waals surface area (Å²) in [5.74, 6) is 0.954. The highest BCUT2D eigenvalue weighted by Gasteiger charge is 2.10. The first-order valence-corrected chi connectivity index (χ1v) is 9.26.